The summed E-state index contributed by atoms with van der Waals surface area (Å²) in [5.74, 6) is 0.278. The second-order valence-electron chi connectivity index (χ2n) is 5.05. The molecule has 1 aromatic rings. The predicted octanol–water partition coefficient (Wildman–Crippen LogP) is 3.01. The fourth-order valence-electron chi connectivity index (χ4n) is 3.03. The lowest BCUT2D eigenvalue weighted by molar-refractivity contribution is -0.143. The summed E-state index contributed by atoms with van der Waals surface area (Å²) in [6.45, 7) is 0.934. The Bertz CT molecular complexity index is 520. The Morgan fingerprint density at radius 1 is 1.21 bits per heavy atom. The van der Waals surface area contributed by atoms with Crippen molar-refractivity contribution >= 4 is 17.6 Å². The number of hydrogen-bond acceptors (Lipinski definition) is 3. The van der Waals surface area contributed by atoms with Gasteiger partial charge in [0.15, 0.2) is 11.5 Å². The molecule has 4 nitrogen and oxygen atoms in total. The Kier molecular flexibility index (Phi) is 3.05. The summed E-state index contributed by atoms with van der Waals surface area (Å²) < 4.78 is 11.0. The topological polar surface area (TPSA) is 55.8 Å². The molecule has 0 saturated heterocycles. The van der Waals surface area contributed by atoms with Crippen LogP contribution in [-0.4, -0.2) is 24.3 Å². The van der Waals surface area contributed by atoms with E-state index < -0.39 is 11.4 Å². The molecular weight excluding hydrogens is 268 g/mol. The third-order valence-corrected chi connectivity index (χ3v) is 4.41. The van der Waals surface area contributed by atoms with E-state index in [1.807, 2.05) is 0 Å². The Balaban J connectivity index is 2.12. The van der Waals surface area contributed by atoms with E-state index in [0.29, 0.717) is 48.1 Å². The van der Waals surface area contributed by atoms with E-state index >= 15 is 0 Å². The van der Waals surface area contributed by atoms with Gasteiger partial charge in [0.1, 0.15) is 13.2 Å². The number of ether oxygens (including phenoxy) is 2. The van der Waals surface area contributed by atoms with Crippen LogP contribution in [0.25, 0.3) is 0 Å². The maximum Gasteiger partial charge on any atom is 0.314 e. The van der Waals surface area contributed by atoms with Crippen molar-refractivity contribution in [1.82, 2.24) is 0 Å². The van der Waals surface area contributed by atoms with Gasteiger partial charge in [0.2, 0.25) is 0 Å². The molecule has 3 rings (SSSR count). The molecule has 1 aromatic carbocycles. The lowest BCUT2D eigenvalue weighted by Crippen LogP contribution is -2.33. The van der Waals surface area contributed by atoms with Crippen LogP contribution in [0.1, 0.15) is 31.2 Å². The second-order valence-corrected chi connectivity index (χ2v) is 5.42. The normalized spacial score (nSPS) is 20.3. The number of fused-ring (bicyclic) bond motifs is 1. The number of rotatable bonds is 2. The van der Waals surface area contributed by atoms with Crippen LogP contribution in [0.5, 0.6) is 11.5 Å². The molecule has 2 aliphatic rings. The Labute approximate surface area is 116 Å². The van der Waals surface area contributed by atoms with Gasteiger partial charge in [0.25, 0.3) is 0 Å². The predicted molar refractivity (Wildman–Crippen MR) is 70.2 cm³/mol. The smallest absolute Gasteiger partial charge is 0.314 e. The number of halogens is 1. The van der Waals surface area contributed by atoms with Crippen LogP contribution in [0, 0.1) is 0 Å². The highest BCUT2D eigenvalue weighted by Crippen LogP contribution is 2.49. The van der Waals surface area contributed by atoms with Crippen molar-refractivity contribution in [2.75, 3.05) is 13.2 Å². The van der Waals surface area contributed by atoms with Crippen LogP contribution in [0.2, 0.25) is 5.02 Å². The maximum absolute atomic E-state index is 11.7. The zero-order valence-electron chi connectivity index (χ0n) is 10.4. The van der Waals surface area contributed by atoms with Gasteiger partial charge in [-0.15, -0.1) is 0 Å². The number of hydrogen-bond donors (Lipinski definition) is 1. The Morgan fingerprint density at radius 3 is 2.58 bits per heavy atom. The molecule has 1 fully saturated rings. The molecule has 0 unspecified atom stereocenters. The van der Waals surface area contributed by atoms with Crippen molar-refractivity contribution < 1.29 is 19.4 Å². The minimum atomic E-state index is -0.868. The first-order valence-corrected chi connectivity index (χ1v) is 6.85. The molecule has 0 bridgehead atoms. The molecule has 0 radical (unpaired) electrons. The maximum atomic E-state index is 11.7. The molecule has 1 aliphatic carbocycles. The van der Waals surface area contributed by atoms with Gasteiger partial charge in [-0.1, -0.05) is 30.5 Å². The van der Waals surface area contributed by atoms with E-state index in [2.05, 4.69) is 0 Å². The first-order chi connectivity index (χ1) is 9.15. The largest absolute Gasteiger partial charge is 0.486 e. The number of benzene rings is 1. The monoisotopic (exact) mass is 282 g/mol. The van der Waals surface area contributed by atoms with Gasteiger partial charge in [0, 0.05) is 0 Å². The second kappa shape index (κ2) is 4.60. The van der Waals surface area contributed by atoms with Crippen LogP contribution < -0.4 is 9.47 Å². The highest BCUT2D eigenvalue weighted by Gasteiger charge is 2.45. The van der Waals surface area contributed by atoms with Gasteiger partial charge in [-0.2, -0.15) is 0 Å². The Morgan fingerprint density at radius 2 is 1.89 bits per heavy atom. The zero-order valence-corrected chi connectivity index (χ0v) is 11.2. The van der Waals surface area contributed by atoms with Crippen LogP contribution in [-0.2, 0) is 10.2 Å². The lowest BCUT2D eigenvalue weighted by Gasteiger charge is -2.28. The molecular formula is C14H15ClO4. The van der Waals surface area contributed by atoms with E-state index in [4.69, 9.17) is 21.1 Å². The summed E-state index contributed by atoms with van der Waals surface area (Å²) in [5.41, 5.74) is -0.212. The molecule has 0 spiro atoms. The summed E-state index contributed by atoms with van der Waals surface area (Å²) in [6.07, 6.45) is 3.08. The van der Waals surface area contributed by atoms with Crippen molar-refractivity contribution in [3.8, 4) is 11.5 Å². The van der Waals surface area contributed by atoms with E-state index in [0.717, 1.165) is 12.8 Å². The molecule has 0 atom stereocenters. The number of carboxylic acid groups (broad SMARTS) is 1. The lowest BCUT2D eigenvalue weighted by atomic mass is 9.78. The fraction of sp³-hybridized carbons (Fsp3) is 0.500. The zero-order chi connectivity index (χ0) is 13.5. The minimum Gasteiger partial charge on any atom is -0.486 e. The van der Waals surface area contributed by atoms with Crippen molar-refractivity contribution in [3.05, 3.63) is 22.7 Å². The molecule has 1 N–H and O–H groups in total. The first kappa shape index (κ1) is 12.6. The molecule has 19 heavy (non-hydrogen) atoms. The average Bonchev–Trinajstić information content (AvgIpc) is 2.90. The van der Waals surface area contributed by atoms with Crippen LogP contribution >= 0.6 is 11.6 Å². The van der Waals surface area contributed by atoms with Gasteiger partial charge in [-0.25, -0.2) is 0 Å². The standard InChI is InChI=1S/C14H15ClO4/c15-11-9(14(13(16)17)5-1-2-6-14)3-4-10-12(11)19-8-7-18-10/h3-4H,1-2,5-8H2,(H,16,17). The molecule has 5 heteroatoms. The molecule has 0 amide bonds. The molecule has 0 aromatic heterocycles. The highest BCUT2D eigenvalue weighted by molar-refractivity contribution is 6.33. The van der Waals surface area contributed by atoms with Gasteiger partial charge in [-0.3, -0.25) is 4.79 Å². The third kappa shape index (κ3) is 1.86. The van der Waals surface area contributed by atoms with Crippen molar-refractivity contribution in [2.45, 2.75) is 31.1 Å². The summed E-state index contributed by atoms with van der Waals surface area (Å²) >= 11 is 6.37. The summed E-state index contributed by atoms with van der Waals surface area (Å²) in [5, 5.41) is 10.0. The summed E-state index contributed by atoms with van der Waals surface area (Å²) in [6, 6.07) is 3.54. The molecule has 102 valence electrons. The van der Waals surface area contributed by atoms with E-state index in [9.17, 15) is 9.90 Å². The van der Waals surface area contributed by atoms with Crippen molar-refractivity contribution in [3.63, 3.8) is 0 Å². The van der Waals surface area contributed by atoms with Gasteiger partial charge < -0.3 is 14.6 Å². The quantitative estimate of drug-likeness (QED) is 0.906. The third-order valence-electron chi connectivity index (χ3n) is 4.03. The SMILES string of the molecule is O=C(O)C1(c2ccc3c(c2Cl)OCCO3)CCCC1. The molecule has 1 aliphatic heterocycles. The molecule has 1 heterocycles. The van der Waals surface area contributed by atoms with Gasteiger partial charge >= 0.3 is 5.97 Å². The average molecular weight is 283 g/mol. The van der Waals surface area contributed by atoms with Crippen molar-refractivity contribution in [2.24, 2.45) is 0 Å². The first-order valence-electron chi connectivity index (χ1n) is 6.47. The fourth-order valence-corrected chi connectivity index (χ4v) is 3.42. The number of carboxylic acids is 1. The van der Waals surface area contributed by atoms with E-state index in [1.54, 1.807) is 12.1 Å². The van der Waals surface area contributed by atoms with E-state index in [1.165, 1.54) is 0 Å². The highest BCUT2D eigenvalue weighted by atomic mass is 35.5. The van der Waals surface area contributed by atoms with Crippen LogP contribution in [0.3, 0.4) is 0 Å². The van der Waals surface area contributed by atoms with Gasteiger partial charge in [-0.05, 0) is 24.5 Å². The van der Waals surface area contributed by atoms with Crippen molar-refractivity contribution in [1.29, 1.82) is 0 Å². The van der Waals surface area contributed by atoms with Gasteiger partial charge in [0.05, 0.1) is 10.4 Å². The summed E-state index contributed by atoms with van der Waals surface area (Å²) in [4.78, 5) is 11.7. The summed E-state index contributed by atoms with van der Waals surface area (Å²) in [7, 11) is 0. The van der Waals surface area contributed by atoms with Crippen LogP contribution in [0.15, 0.2) is 12.1 Å². The van der Waals surface area contributed by atoms with E-state index in [-0.39, 0.29) is 0 Å². The Hall–Kier alpha value is -1.42. The number of carbonyl (C=O) groups is 1. The van der Waals surface area contributed by atoms with Crippen LogP contribution in [0.4, 0.5) is 0 Å². The number of aliphatic carboxylic acids is 1. The minimum absolute atomic E-state index is 0.390. The molecule has 1 saturated carbocycles.